The number of H-pyrrole nitrogens is 1. The van der Waals surface area contributed by atoms with Crippen LogP contribution in [0.3, 0.4) is 0 Å². The number of nitrogens with one attached hydrogen (secondary N) is 1. The smallest absolute Gasteiger partial charge is 0.168 e. The molecule has 1 aromatic carbocycles. The lowest BCUT2D eigenvalue weighted by Crippen LogP contribution is -1.96. The van der Waals surface area contributed by atoms with Gasteiger partial charge in [0.05, 0.1) is 11.4 Å². The molecule has 4 nitrogen and oxygen atoms in total. The van der Waals surface area contributed by atoms with E-state index in [1.54, 1.807) is 6.07 Å². The molecule has 106 valence electrons. The predicted molar refractivity (Wildman–Crippen MR) is 83.1 cm³/mol. The zero-order valence-electron chi connectivity index (χ0n) is 11.2. The third kappa shape index (κ3) is 1.95. The second kappa shape index (κ2) is 4.30. The summed E-state index contributed by atoms with van der Waals surface area (Å²) in [5.41, 5.74) is 14.3. The van der Waals surface area contributed by atoms with Crippen LogP contribution in [0.1, 0.15) is 36.9 Å². The Hall–Kier alpha value is -1.39. The Morgan fingerprint density at radius 1 is 1.10 bits per heavy atom. The van der Waals surface area contributed by atoms with Crippen LogP contribution >= 0.6 is 23.2 Å². The van der Waals surface area contributed by atoms with Crippen LogP contribution in [0.25, 0.3) is 0 Å². The maximum absolute atomic E-state index is 6.09. The second-order valence-electron chi connectivity index (χ2n) is 5.92. The highest BCUT2D eigenvalue weighted by molar-refractivity contribution is 6.34. The Kier molecular flexibility index (Phi) is 2.92. The van der Waals surface area contributed by atoms with Crippen molar-refractivity contribution in [2.45, 2.75) is 25.7 Å². The zero-order valence-corrected chi connectivity index (χ0v) is 12.8. The lowest BCUT2D eigenvalue weighted by molar-refractivity contribution is 0.597. The molecule has 0 amide bonds. The van der Waals surface area contributed by atoms with E-state index in [1.165, 1.54) is 0 Å². The first-order valence-corrected chi connectivity index (χ1v) is 7.13. The molecular formula is C14H16Cl2N4. The first kappa shape index (κ1) is 13.6. The zero-order chi connectivity index (χ0) is 14.7. The number of aromatic amines is 1. The Balaban J connectivity index is 2.01. The van der Waals surface area contributed by atoms with Gasteiger partial charge in [-0.25, -0.2) is 0 Å². The lowest BCUT2D eigenvalue weighted by Gasteiger charge is -2.04. The summed E-state index contributed by atoms with van der Waals surface area (Å²) in [7, 11) is 0. The molecule has 1 aliphatic carbocycles. The van der Waals surface area contributed by atoms with E-state index in [-0.39, 0.29) is 11.3 Å². The van der Waals surface area contributed by atoms with Crippen LogP contribution in [0.4, 0.5) is 11.5 Å². The fourth-order valence-electron chi connectivity index (χ4n) is 3.17. The monoisotopic (exact) mass is 310 g/mol. The van der Waals surface area contributed by atoms with Gasteiger partial charge < -0.3 is 11.5 Å². The average molecular weight is 311 g/mol. The van der Waals surface area contributed by atoms with Crippen molar-refractivity contribution in [1.82, 2.24) is 10.2 Å². The number of halogens is 2. The van der Waals surface area contributed by atoms with E-state index in [0.717, 1.165) is 11.3 Å². The molecule has 1 aliphatic rings. The third-order valence-corrected chi connectivity index (χ3v) is 4.68. The van der Waals surface area contributed by atoms with Gasteiger partial charge in [-0.1, -0.05) is 37.0 Å². The van der Waals surface area contributed by atoms with Gasteiger partial charge in [0.15, 0.2) is 5.82 Å². The molecule has 3 rings (SSSR count). The summed E-state index contributed by atoms with van der Waals surface area (Å²) >= 11 is 12.2. The van der Waals surface area contributed by atoms with Crippen LogP contribution in [-0.4, -0.2) is 10.2 Å². The second-order valence-corrected chi connectivity index (χ2v) is 6.79. The van der Waals surface area contributed by atoms with Crippen LogP contribution in [0.5, 0.6) is 0 Å². The van der Waals surface area contributed by atoms with Crippen molar-refractivity contribution >= 4 is 34.7 Å². The first-order valence-electron chi connectivity index (χ1n) is 6.37. The maximum atomic E-state index is 6.09. The molecule has 2 aromatic rings. The van der Waals surface area contributed by atoms with E-state index >= 15 is 0 Å². The number of benzene rings is 1. The summed E-state index contributed by atoms with van der Waals surface area (Å²) < 4.78 is 0. The summed E-state index contributed by atoms with van der Waals surface area (Å²) in [5, 5.41) is 8.23. The van der Waals surface area contributed by atoms with E-state index in [0.29, 0.717) is 27.5 Å². The number of nitrogen functional groups attached to an aromatic ring is 2. The summed E-state index contributed by atoms with van der Waals surface area (Å²) in [6, 6.07) is 5.64. The van der Waals surface area contributed by atoms with Crippen molar-refractivity contribution in [3.8, 4) is 0 Å². The number of hydrogen-bond acceptors (Lipinski definition) is 3. The number of nitrogens with zero attached hydrogens (tertiary/aromatic N) is 1. The van der Waals surface area contributed by atoms with Crippen molar-refractivity contribution < 1.29 is 0 Å². The molecule has 1 heterocycles. The van der Waals surface area contributed by atoms with E-state index in [2.05, 4.69) is 24.0 Å². The lowest BCUT2D eigenvalue weighted by atomic mass is 10.0. The number of nitrogens with two attached hydrogens (primary N) is 2. The van der Waals surface area contributed by atoms with Gasteiger partial charge in [-0.05, 0) is 35.1 Å². The molecule has 2 unspecified atom stereocenters. The molecule has 0 bridgehead atoms. The summed E-state index contributed by atoms with van der Waals surface area (Å²) in [5.74, 6) is 0.883. The molecule has 20 heavy (non-hydrogen) atoms. The molecule has 5 N–H and O–H groups in total. The SMILES string of the molecule is CC1(C)C(c2cc(Cl)cc(Cl)c2)C1c1[nH]nc(N)c1N. The molecule has 1 saturated carbocycles. The van der Waals surface area contributed by atoms with E-state index < -0.39 is 0 Å². The van der Waals surface area contributed by atoms with E-state index in [9.17, 15) is 0 Å². The largest absolute Gasteiger partial charge is 0.394 e. The first-order chi connectivity index (χ1) is 9.32. The Bertz CT molecular complexity index is 658. The molecule has 0 aliphatic heterocycles. The van der Waals surface area contributed by atoms with Crippen molar-refractivity contribution in [2.75, 3.05) is 11.5 Å². The minimum absolute atomic E-state index is 0.0567. The minimum Gasteiger partial charge on any atom is -0.394 e. The van der Waals surface area contributed by atoms with Crippen molar-refractivity contribution in [3.63, 3.8) is 0 Å². The molecule has 1 aromatic heterocycles. The standard InChI is InChI=1S/C14H16Cl2N4/c1-14(2)9(6-3-7(15)5-8(16)4-6)10(14)12-11(17)13(18)20-19-12/h3-5,9-10H,17H2,1-2H3,(H3,18,19,20). The number of hydrogen-bond donors (Lipinski definition) is 3. The van der Waals surface area contributed by atoms with Gasteiger partial charge in [-0.3, -0.25) is 5.10 Å². The van der Waals surface area contributed by atoms with Crippen molar-refractivity contribution in [1.29, 1.82) is 0 Å². The van der Waals surface area contributed by atoms with E-state index in [4.69, 9.17) is 34.7 Å². The van der Waals surface area contributed by atoms with E-state index in [1.807, 2.05) is 12.1 Å². The average Bonchev–Trinajstić information content (AvgIpc) is 2.75. The molecule has 6 heteroatoms. The van der Waals surface area contributed by atoms with Crippen LogP contribution in [-0.2, 0) is 0 Å². The molecule has 0 spiro atoms. The molecule has 0 radical (unpaired) electrons. The highest BCUT2D eigenvalue weighted by Crippen LogP contribution is 2.70. The summed E-state index contributed by atoms with van der Waals surface area (Å²) in [4.78, 5) is 0. The molecule has 1 fully saturated rings. The van der Waals surface area contributed by atoms with Gasteiger partial charge in [-0.2, -0.15) is 5.10 Å². The highest BCUT2D eigenvalue weighted by atomic mass is 35.5. The fraction of sp³-hybridized carbons (Fsp3) is 0.357. The molecular weight excluding hydrogens is 295 g/mol. The maximum Gasteiger partial charge on any atom is 0.168 e. The van der Waals surface area contributed by atoms with Gasteiger partial charge in [-0.15, -0.1) is 0 Å². The predicted octanol–water partition coefficient (Wildman–Crippen LogP) is 3.79. The van der Waals surface area contributed by atoms with Crippen molar-refractivity contribution in [3.05, 3.63) is 39.5 Å². The van der Waals surface area contributed by atoms with Crippen molar-refractivity contribution in [2.24, 2.45) is 5.41 Å². The van der Waals surface area contributed by atoms with Crippen LogP contribution in [0, 0.1) is 5.41 Å². The fourth-order valence-corrected chi connectivity index (χ4v) is 3.71. The summed E-state index contributed by atoms with van der Waals surface area (Å²) in [6.07, 6.45) is 0. The van der Waals surface area contributed by atoms with Gasteiger partial charge in [0, 0.05) is 16.0 Å². The number of aromatic nitrogens is 2. The van der Waals surface area contributed by atoms with Gasteiger partial charge in [0.2, 0.25) is 0 Å². The van der Waals surface area contributed by atoms with Crippen LogP contribution in [0.2, 0.25) is 10.0 Å². The topological polar surface area (TPSA) is 80.7 Å². The van der Waals surface area contributed by atoms with Crippen LogP contribution in [0.15, 0.2) is 18.2 Å². The minimum atomic E-state index is 0.0567. The Morgan fingerprint density at radius 2 is 1.70 bits per heavy atom. The Morgan fingerprint density at radius 3 is 2.20 bits per heavy atom. The van der Waals surface area contributed by atoms with Gasteiger partial charge in [0.25, 0.3) is 0 Å². The van der Waals surface area contributed by atoms with Gasteiger partial charge in [0.1, 0.15) is 0 Å². The molecule has 0 saturated heterocycles. The number of anilines is 2. The highest BCUT2D eigenvalue weighted by Gasteiger charge is 2.60. The van der Waals surface area contributed by atoms with Gasteiger partial charge >= 0.3 is 0 Å². The normalized spacial score (nSPS) is 23.8. The summed E-state index contributed by atoms with van der Waals surface area (Å²) in [6.45, 7) is 4.38. The quantitative estimate of drug-likeness (QED) is 0.789. The van der Waals surface area contributed by atoms with Crippen LogP contribution < -0.4 is 11.5 Å². The number of rotatable bonds is 2. The molecule has 2 atom stereocenters. The Labute approximate surface area is 127 Å². The third-order valence-electron chi connectivity index (χ3n) is 4.25.